The molecule has 0 radical (unpaired) electrons. The second-order valence-electron chi connectivity index (χ2n) is 8.39. The monoisotopic (exact) mass is 578 g/mol. The van der Waals surface area contributed by atoms with Crippen LogP contribution < -0.4 is 5.56 Å². The van der Waals surface area contributed by atoms with Gasteiger partial charge in [-0.25, -0.2) is 9.97 Å². The number of halogens is 3. The zero-order chi connectivity index (χ0) is 29.8. The van der Waals surface area contributed by atoms with Crippen molar-refractivity contribution in [2.24, 2.45) is 0 Å². The molecule has 1 aliphatic heterocycles. The number of aromatic nitrogens is 4. The molecule has 1 fully saturated rings. The van der Waals surface area contributed by atoms with E-state index < -0.39 is 90.5 Å². The molecule has 0 unspecified atom stereocenters. The Morgan fingerprint density at radius 2 is 1.57 bits per heavy atom. The van der Waals surface area contributed by atoms with Crippen LogP contribution in [0.4, 0.5) is 13.2 Å². The molecule has 15 nitrogen and oxygen atoms in total. The van der Waals surface area contributed by atoms with Gasteiger partial charge >= 0.3 is 30.1 Å². The molecule has 220 valence electrons. The van der Waals surface area contributed by atoms with Crippen molar-refractivity contribution >= 4 is 35.0 Å². The summed E-state index contributed by atoms with van der Waals surface area (Å²) in [5.74, 6) is -4.79. The highest BCUT2D eigenvalue weighted by Gasteiger charge is 2.53. The number of carbonyl (C=O) groups excluding carboxylic acids is 4. The summed E-state index contributed by atoms with van der Waals surface area (Å²) in [6.45, 7) is 2.96. The molecule has 4 atom stereocenters. The first-order chi connectivity index (χ1) is 18.7. The van der Waals surface area contributed by atoms with Gasteiger partial charge in [0.15, 0.2) is 29.6 Å². The maximum Gasteiger partial charge on any atom is 0.449 e. The van der Waals surface area contributed by atoms with Gasteiger partial charge in [0.05, 0.1) is 6.61 Å². The smallest absolute Gasteiger partial charge is 0.449 e. The minimum Gasteiger partial charge on any atom is -0.463 e. The fraction of sp³-hybridized carbons (Fsp3) is 0.591. The summed E-state index contributed by atoms with van der Waals surface area (Å²) in [6.07, 6.45) is -10.7. The van der Waals surface area contributed by atoms with Crippen LogP contribution in [-0.2, 0) is 60.5 Å². The van der Waals surface area contributed by atoms with Gasteiger partial charge in [-0.15, -0.1) is 0 Å². The van der Waals surface area contributed by atoms with E-state index >= 15 is 0 Å². The number of esters is 4. The van der Waals surface area contributed by atoms with Crippen molar-refractivity contribution in [2.75, 3.05) is 19.8 Å². The summed E-state index contributed by atoms with van der Waals surface area (Å²) in [4.78, 5) is 66.2. The summed E-state index contributed by atoms with van der Waals surface area (Å²) in [5.41, 5.74) is -2.34. The van der Waals surface area contributed by atoms with E-state index in [-0.39, 0.29) is 13.2 Å². The molecular formula is C22H25F3N4O11. The average Bonchev–Trinajstić information content (AvgIpc) is 3.37. The van der Waals surface area contributed by atoms with Gasteiger partial charge in [0.1, 0.15) is 32.4 Å². The normalized spacial score (nSPS) is 20.8. The van der Waals surface area contributed by atoms with Crippen LogP contribution in [0.2, 0.25) is 0 Å². The first kappa shape index (κ1) is 30.5. The molecule has 0 aliphatic carbocycles. The molecular weight excluding hydrogens is 553 g/mol. The van der Waals surface area contributed by atoms with Crippen LogP contribution in [0.1, 0.15) is 39.7 Å². The molecule has 1 aliphatic rings. The summed E-state index contributed by atoms with van der Waals surface area (Å²) in [6, 6.07) is 0. The zero-order valence-electron chi connectivity index (χ0n) is 21.6. The molecule has 40 heavy (non-hydrogen) atoms. The van der Waals surface area contributed by atoms with Crippen LogP contribution in [0.3, 0.4) is 0 Å². The van der Waals surface area contributed by atoms with Gasteiger partial charge in [0.2, 0.25) is 5.82 Å². The summed E-state index contributed by atoms with van der Waals surface area (Å²) < 4.78 is 74.6. The third kappa shape index (κ3) is 7.12. The minimum atomic E-state index is -5.16. The van der Waals surface area contributed by atoms with Crippen LogP contribution in [0.25, 0.3) is 11.2 Å². The number of nitrogens with zero attached hydrogens (tertiary/aromatic N) is 4. The Kier molecular flexibility index (Phi) is 9.46. The van der Waals surface area contributed by atoms with E-state index in [4.69, 9.17) is 23.7 Å². The van der Waals surface area contributed by atoms with Crippen LogP contribution in [0, 0.1) is 0 Å². The Labute approximate surface area is 223 Å². The van der Waals surface area contributed by atoms with E-state index in [0.717, 1.165) is 31.7 Å². The van der Waals surface area contributed by atoms with Crippen molar-refractivity contribution in [1.82, 2.24) is 19.1 Å². The van der Waals surface area contributed by atoms with Gasteiger partial charge in [-0.2, -0.15) is 13.2 Å². The number of hydrogen-bond donors (Lipinski definition) is 0. The quantitative estimate of drug-likeness (QED) is 0.216. The molecule has 18 heteroatoms. The van der Waals surface area contributed by atoms with E-state index in [1.54, 1.807) is 0 Å². The van der Waals surface area contributed by atoms with E-state index in [9.17, 15) is 37.1 Å². The van der Waals surface area contributed by atoms with Crippen molar-refractivity contribution < 1.29 is 60.8 Å². The number of carbonyl (C=O) groups is 4. The van der Waals surface area contributed by atoms with Crippen molar-refractivity contribution in [3.63, 3.8) is 0 Å². The van der Waals surface area contributed by atoms with Gasteiger partial charge in [-0.05, 0) is 0 Å². The summed E-state index contributed by atoms with van der Waals surface area (Å²) in [7, 11) is 0. The van der Waals surface area contributed by atoms with Gasteiger partial charge in [0.25, 0.3) is 5.56 Å². The first-order valence-corrected chi connectivity index (χ1v) is 11.6. The highest BCUT2D eigenvalue weighted by atomic mass is 19.4. The average molecular weight is 578 g/mol. The lowest BCUT2D eigenvalue weighted by molar-refractivity contribution is -0.168. The zero-order valence-corrected chi connectivity index (χ0v) is 21.6. The predicted molar refractivity (Wildman–Crippen MR) is 121 cm³/mol. The second kappa shape index (κ2) is 12.4. The Hall–Kier alpha value is -4.06. The molecule has 2 aromatic rings. The van der Waals surface area contributed by atoms with Crippen LogP contribution in [0.15, 0.2) is 11.1 Å². The number of alkyl halides is 3. The molecule has 0 saturated carbocycles. The predicted octanol–water partition coefficient (Wildman–Crippen LogP) is 0.473. The maximum atomic E-state index is 14.2. The van der Waals surface area contributed by atoms with Crippen molar-refractivity contribution in [2.45, 2.75) is 65.1 Å². The molecule has 0 bridgehead atoms. The Morgan fingerprint density at radius 3 is 2.15 bits per heavy atom. The molecule has 0 aromatic carbocycles. The van der Waals surface area contributed by atoms with Gasteiger partial charge < -0.3 is 28.4 Å². The molecule has 0 amide bonds. The van der Waals surface area contributed by atoms with E-state index in [2.05, 4.69) is 14.7 Å². The molecule has 3 rings (SSSR count). The fourth-order valence-corrected chi connectivity index (χ4v) is 3.84. The standard InChI is InChI=1S/C22H25F3N4O11/c1-10(30)36-6-5-35-9-28-8-26-18-15(19(28)34)27-21(22(23,24)25)29(18)20-17(39-13(4)33)16(38-12(3)32)14(40-20)7-37-11(2)31/h8,14,16-17,20H,5-7,9H2,1-4H3/t14-,16-,17-,20-/m1/s1. The van der Waals surface area contributed by atoms with Gasteiger partial charge in [0, 0.05) is 27.7 Å². The maximum absolute atomic E-state index is 14.2. The molecule has 0 spiro atoms. The van der Waals surface area contributed by atoms with E-state index in [0.29, 0.717) is 4.57 Å². The van der Waals surface area contributed by atoms with Crippen LogP contribution in [0.5, 0.6) is 0 Å². The van der Waals surface area contributed by atoms with Crippen LogP contribution >= 0.6 is 0 Å². The third-order valence-electron chi connectivity index (χ3n) is 5.28. The van der Waals surface area contributed by atoms with Gasteiger partial charge in [-0.1, -0.05) is 0 Å². The first-order valence-electron chi connectivity index (χ1n) is 11.6. The highest BCUT2D eigenvalue weighted by Crippen LogP contribution is 2.40. The molecule has 3 heterocycles. The van der Waals surface area contributed by atoms with E-state index in [1.165, 1.54) is 6.92 Å². The minimum absolute atomic E-state index is 0.118. The third-order valence-corrected chi connectivity index (χ3v) is 5.28. The topological polar surface area (TPSA) is 176 Å². The van der Waals surface area contributed by atoms with Crippen molar-refractivity contribution in [3.8, 4) is 0 Å². The molecule has 0 N–H and O–H groups in total. The lowest BCUT2D eigenvalue weighted by Gasteiger charge is -2.25. The SMILES string of the molecule is CC(=O)OCCOCn1cnc2c(nc(C(F)(F)F)n2[C@@H]2O[C@H](COC(C)=O)[C@@H](OC(C)=O)[C@H]2OC(C)=O)c1=O. The Morgan fingerprint density at radius 1 is 0.950 bits per heavy atom. The fourth-order valence-electron chi connectivity index (χ4n) is 3.84. The number of fused-ring (bicyclic) bond motifs is 1. The molecule has 1 saturated heterocycles. The number of hydrogen-bond acceptors (Lipinski definition) is 13. The highest BCUT2D eigenvalue weighted by molar-refractivity contribution is 5.71. The van der Waals surface area contributed by atoms with Crippen molar-refractivity contribution in [1.29, 1.82) is 0 Å². The Bertz CT molecular complexity index is 1340. The van der Waals surface area contributed by atoms with Crippen LogP contribution in [-0.4, -0.2) is 81.1 Å². The number of rotatable bonds is 10. The largest absolute Gasteiger partial charge is 0.463 e. The second-order valence-corrected chi connectivity index (χ2v) is 8.39. The number of ether oxygens (including phenoxy) is 6. The number of imidazole rings is 1. The summed E-state index contributed by atoms with van der Waals surface area (Å²) >= 11 is 0. The Balaban J connectivity index is 2.08. The summed E-state index contributed by atoms with van der Waals surface area (Å²) in [5, 5.41) is 0. The molecule has 2 aromatic heterocycles. The lowest BCUT2D eigenvalue weighted by atomic mass is 10.1. The van der Waals surface area contributed by atoms with Gasteiger partial charge in [-0.3, -0.25) is 33.1 Å². The van der Waals surface area contributed by atoms with Crippen molar-refractivity contribution in [3.05, 3.63) is 22.5 Å². The lowest BCUT2D eigenvalue weighted by Crippen LogP contribution is -2.41. The van der Waals surface area contributed by atoms with E-state index in [1.807, 2.05) is 0 Å².